The third kappa shape index (κ3) is 3.20. The highest BCUT2D eigenvalue weighted by atomic mass is 16.5. The van der Waals surface area contributed by atoms with Crippen LogP contribution in [0.1, 0.15) is 39.0 Å². The van der Waals surface area contributed by atoms with Crippen LogP contribution in [-0.4, -0.2) is 12.6 Å². The van der Waals surface area contributed by atoms with E-state index < -0.39 is 0 Å². The molecule has 2 rings (SSSR count). The maximum Gasteiger partial charge on any atom is 0.125 e. The molecule has 0 aromatic heterocycles. The van der Waals surface area contributed by atoms with Crippen LogP contribution in [0.2, 0.25) is 0 Å². The average molecular weight is 258 g/mol. The number of nitrogens with one attached hydrogen (secondary N) is 1. The van der Waals surface area contributed by atoms with Gasteiger partial charge in [-0.05, 0) is 55.9 Å². The van der Waals surface area contributed by atoms with Crippen LogP contribution in [-0.2, 0) is 0 Å². The van der Waals surface area contributed by atoms with Gasteiger partial charge in [0.15, 0.2) is 0 Å². The molecule has 102 valence electrons. The van der Waals surface area contributed by atoms with E-state index in [0.29, 0.717) is 0 Å². The second-order valence-electron chi connectivity index (χ2n) is 5.40. The summed E-state index contributed by atoms with van der Waals surface area (Å²) in [6, 6.07) is 10.3. The smallest absolute Gasteiger partial charge is 0.125 e. The van der Waals surface area contributed by atoms with Crippen molar-refractivity contribution in [2.75, 3.05) is 12.4 Å². The molecule has 1 aliphatic rings. The minimum atomic E-state index is -0.389. The summed E-state index contributed by atoms with van der Waals surface area (Å²) in [5.74, 6) is 1.63. The number of methoxy groups -OCH3 is 1. The molecule has 0 saturated heterocycles. The Morgan fingerprint density at radius 1 is 1.32 bits per heavy atom. The highest BCUT2D eigenvalue weighted by Gasteiger charge is 2.34. The number of ether oxygens (including phenoxy) is 1. The molecule has 1 fully saturated rings. The third-order valence-corrected chi connectivity index (χ3v) is 4.22. The molecule has 3 nitrogen and oxygen atoms in total. The van der Waals surface area contributed by atoms with Crippen LogP contribution in [0.5, 0.6) is 5.75 Å². The average Bonchev–Trinajstić information content (AvgIpc) is 2.49. The molecule has 1 aromatic carbocycles. The van der Waals surface area contributed by atoms with Gasteiger partial charge in [0.1, 0.15) is 11.3 Å². The van der Waals surface area contributed by atoms with E-state index in [4.69, 9.17) is 4.74 Å². The van der Waals surface area contributed by atoms with Gasteiger partial charge in [-0.1, -0.05) is 13.3 Å². The first kappa shape index (κ1) is 13.7. The van der Waals surface area contributed by atoms with E-state index in [1.807, 2.05) is 24.3 Å². The van der Waals surface area contributed by atoms with Crippen molar-refractivity contribution in [2.24, 2.45) is 5.92 Å². The van der Waals surface area contributed by atoms with E-state index in [2.05, 4.69) is 18.3 Å². The van der Waals surface area contributed by atoms with E-state index in [1.165, 1.54) is 6.42 Å². The zero-order valence-corrected chi connectivity index (χ0v) is 11.8. The molecule has 1 N–H and O–H groups in total. The molecule has 3 heteroatoms. The van der Waals surface area contributed by atoms with Gasteiger partial charge in [-0.3, -0.25) is 0 Å². The standard InChI is InChI=1S/C16H22N2O/c1-3-13-8-10-16(12-17,11-9-13)18-14-4-6-15(19-2)7-5-14/h4-7,13,18H,3,8-11H2,1-2H3. The van der Waals surface area contributed by atoms with Crippen molar-refractivity contribution in [3.05, 3.63) is 24.3 Å². The molecule has 0 spiro atoms. The number of rotatable bonds is 4. The SMILES string of the molecule is CCC1CCC(C#N)(Nc2ccc(OC)cc2)CC1. The van der Waals surface area contributed by atoms with Crippen molar-refractivity contribution < 1.29 is 4.74 Å². The number of hydrogen-bond donors (Lipinski definition) is 1. The van der Waals surface area contributed by atoms with Crippen molar-refractivity contribution in [3.63, 3.8) is 0 Å². The molecule has 0 heterocycles. The minimum Gasteiger partial charge on any atom is -0.497 e. The van der Waals surface area contributed by atoms with E-state index in [-0.39, 0.29) is 5.54 Å². The van der Waals surface area contributed by atoms with Gasteiger partial charge in [0, 0.05) is 5.69 Å². The summed E-state index contributed by atoms with van der Waals surface area (Å²) < 4.78 is 5.15. The third-order valence-electron chi connectivity index (χ3n) is 4.22. The van der Waals surface area contributed by atoms with Gasteiger partial charge >= 0.3 is 0 Å². The van der Waals surface area contributed by atoms with E-state index in [9.17, 15) is 5.26 Å². The van der Waals surface area contributed by atoms with Crippen LogP contribution in [0.3, 0.4) is 0 Å². The zero-order valence-electron chi connectivity index (χ0n) is 11.8. The topological polar surface area (TPSA) is 45.0 Å². The first-order chi connectivity index (χ1) is 9.21. The highest BCUT2D eigenvalue weighted by molar-refractivity contribution is 5.50. The Labute approximate surface area is 115 Å². The predicted molar refractivity (Wildman–Crippen MR) is 77.2 cm³/mol. The van der Waals surface area contributed by atoms with Crippen molar-refractivity contribution in [1.82, 2.24) is 0 Å². The minimum absolute atomic E-state index is 0.389. The van der Waals surface area contributed by atoms with Crippen LogP contribution < -0.4 is 10.1 Å². The summed E-state index contributed by atoms with van der Waals surface area (Å²) in [5, 5.41) is 12.9. The van der Waals surface area contributed by atoms with Crippen LogP contribution in [0.4, 0.5) is 5.69 Å². The Bertz CT molecular complexity index is 439. The lowest BCUT2D eigenvalue weighted by Crippen LogP contribution is -2.40. The van der Waals surface area contributed by atoms with Gasteiger partial charge in [0.25, 0.3) is 0 Å². The fourth-order valence-corrected chi connectivity index (χ4v) is 2.79. The molecule has 0 bridgehead atoms. The first-order valence-corrected chi connectivity index (χ1v) is 7.05. The maximum absolute atomic E-state index is 9.53. The summed E-state index contributed by atoms with van der Waals surface area (Å²) in [4.78, 5) is 0. The number of anilines is 1. The normalized spacial score (nSPS) is 26.5. The Morgan fingerprint density at radius 2 is 1.95 bits per heavy atom. The van der Waals surface area contributed by atoms with Gasteiger partial charge in [0.05, 0.1) is 13.2 Å². The van der Waals surface area contributed by atoms with Gasteiger partial charge in [-0.25, -0.2) is 0 Å². The molecule has 0 radical (unpaired) electrons. The van der Waals surface area contributed by atoms with Gasteiger partial charge < -0.3 is 10.1 Å². The van der Waals surface area contributed by atoms with Gasteiger partial charge in [0.2, 0.25) is 0 Å². The lowest BCUT2D eigenvalue weighted by atomic mass is 9.76. The van der Waals surface area contributed by atoms with E-state index >= 15 is 0 Å². The molecule has 1 saturated carbocycles. The quantitative estimate of drug-likeness (QED) is 0.888. The second-order valence-corrected chi connectivity index (χ2v) is 5.40. The van der Waals surface area contributed by atoms with Crippen LogP contribution >= 0.6 is 0 Å². The van der Waals surface area contributed by atoms with E-state index in [0.717, 1.165) is 43.0 Å². The molecule has 1 aromatic rings. The fourth-order valence-electron chi connectivity index (χ4n) is 2.79. The Morgan fingerprint density at radius 3 is 2.42 bits per heavy atom. The molecule has 0 unspecified atom stereocenters. The lowest BCUT2D eigenvalue weighted by Gasteiger charge is -2.36. The second kappa shape index (κ2) is 5.97. The number of nitrogens with zero attached hydrogens (tertiary/aromatic N) is 1. The summed E-state index contributed by atoms with van der Waals surface area (Å²) in [7, 11) is 1.66. The monoisotopic (exact) mass is 258 g/mol. The highest BCUT2D eigenvalue weighted by Crippen LogP contribution is 2.35. The first-order valence-electron chi connectivity index (χ1n) is 7.05. The molecule has 0 aliphatic heterocycles. The number of hydrogen-bond acceptors (Lipinski definition) is 3. The van der Waals surface area contributed by atoms with Crippen molar-refractivity contribution in [2.45, 2.75) is 44.6 Å². The molecule has 0 amide bonds. The van der Waals surface area contributed by atoms with Gasteiger partial charge in [-0.15, -0.1) is 0 Å². The predicted octanol–water partition coefficient (Wildman–Crippen LogP) is 3.97. The fraction of sp³-hybridized carbons (Fsp3) is 0.562. The summed E-state index contributed by atoms with van der Waals surface area (Å²) in [6.07, 6.45) is 5.40. The Balaban J connectivity index is 2.04. The van der Waals surface area contributed by atoms with Crippen molar-refractivity contribution in [3.8, 4) is 11.8 Å². The van der Waals surface area contributed by atoms with Gasteiger partial charge in [-0.2, -0.15) is 5.26 Å². The lowest BCUT2D eigenvalue weighted by molar-refractivity contribution is 0.290. The molecular weight excluding hydrogens is 236 g/mol. The van der Waals surface area contributed by atoms with Crippen LogP contribution in [0.25, 0.3) is 0 Å². The summed E-state index contributed by atoms with van der Waals surface area (Å²) in [5.41, 5.74) is 0.609. The summed E-state index contributed by atoms with van der Waals surface area (Å²) >= 11 is 0. The van der Waals surface area contributed by atoms with Crippen LogP contribution in [0.15, 0.2) is 24.3 Å². The molecule has 19 heavy (non-hydrogen) atoms. The van der Waals surface area contributed by atoms with E-state index in [1.54, 1.807) is 7.11 Å². The van der Waals surface area contributed by atoms with Crippen molar-refractivity contribution >= 4 is 5.69 Å². The Kier molecular flexibility index (Phi) is 4.31. The largest absolute Gasteiger partial charge is 0.497 e. The number of benzene rings is 1. The van der Waals surface area contributed by atoms with Crippen LogP contribution in [0, 0.1) is 17.2 Å². The molecule has 1 aliphatic carbocycles. The maximum atomic E-state index is 9.53. The molecular formula is C16H22N2O. The Hall–Kier alpha value is -1.69. The molecule has 0 atom stereocenters. The summed E-state index contributed by atoms with van der Waals surface area (Å²) in [6.45, 7) is 2.24. The van der Waals surface area contributed by atoms with Crippen molar-refractivity contribution in [1.29, 1.82) is 5.26 Å². The zero-order chi connectivity index (χ0) is 13.7. The number of nitriles is 1.